The number of halogens is 1. The van der Waals surface area contributed by atoms with Crippen molar-refractivity contribution in [3.05, 3.63) is 68.9 Å². The van der Waals surface area contributed by atoms with E-state index in [2.05, 4.69) is 11.4 Å². The first-order valence-electron chi connectivity index (χ1n) is 8.20. The average molecular weight is 424 g/mol. The zero-order valence-electron chi connectivity index (χ0n) is 14.6. The third kappa shape index (κ3) is 5.91. The van der Waals surface area contributed by atoms with Gasteiger partial charge in [0.05, 0.1) is 0 Å². The highest BCUT2D eigenvalue weighted by atomic mass is 35.5. The number of aliphatic carboxylic acids is 3. The predicted octanol–water partition coefficient (Wildman–Crippen LogP) is 3.30. The van der Waals surface area contributed by atoms with Crippen LogP contribution in [-0.4, -0.2) is 44.7 Å². The molecule has 1 aromatic carbocycles. The Morgan fingerprint density at radius 3 is 2.29 bits per heavy atom. The third-order valence-electron chi connectivity index (χ3n) is 4.00. The second-order valence-electron chi connectivity index (χ2n) is 5.86. The van der Waals surface area contributed by atoms with Crippen LogP contribution in [0.1, 0.15) is 22.0 Å². The molecule has 1 aliphatic heterocycles. The Labute approximate surface area is 170 Å². The van der Waals surface area contributed by atoms with Gasteiger partial charge in [0.2, 0.25) is 0 Å². The molecule has 7 nitrogen and oxygen atoms in total. The minimum atomic E-state index is -1.26. The standard InChI is InChI=1S/C15H14ClNO2S.C4H4O4/c16-12-4-2-1-3-11(12)14(15(18)19)17-7-5-13-10(9-17)6-8-20-13;5-3(6)1-2-4(7)8/h1-4,6,8,14H,5,7,9H2,(H,18,19);1-2H,(H,5,6)(H,7,8)/b;2-1-/t14-;/m0./s1. The third-order valence-corrected chi connectivity index (χ3v) is 5.37. The van der Waals surface area contributed by atoms with Gasteiger partial charge in [0.15, 0.2) is 0 Å². The molecule has 0 bridgehead atoms. The van der Waals surface area contributed by atoms with Crippen LogP contribution < -0.4 is 0 Å². The van der Waals surface area contributed by atoms with E-state index in [0.29, 0.717) is 29.3 Å². The molecule has 0 radical (unpaired) electrons. The maximum atomic E-state index is 11.7. The highest BCUT2D eigenvalue weighted by Gasteiger charge is 2.31. The Balaban J connectivity index is 0.000000300. The SMILES string of the molecule is O=C(O)/C=C\C(=O)O.O=C(O)[C@H](c1ccccc1Cl)N1CCc2sccc2C1. The lowest BCUT2D eigenvalue weighted by molar-refractivity contribution is -0.144. The molecule has 0 aliphatic carbocycles. The summed E-state index contributed by atoms with van der Waals surface area (Å²) in [4.78, 5) is 34.2. The summed E-state index contributed by atoms with van der Waals surface area (Å²) in [6.07, 6.45) is 2.02. The largest absolute Gasteiger partial charge is 0.480 e. The van der Waals surface area contributed by atoms with Gasteiger partial charge >= 0.3 is 17.9 Å². The molecule has 28 heavy (non-hydrogen) atoms. The van der Waals surface area contributed by atoms with Crippen molar-refractivity contribution in [1.29, 1.82) is 0 Å². The number of benzene rings is 1. The van der Waals surface area contributed by atoms with E-state index < -0.39 is 23.9 Å². The highest BCUT2D eigenvalue weighted by molar-refractivity contribution is 7.10. The first kappa shape index (κ1) is 21.6. The van der Waals surface area contributed by atoms with E-state index in [-0.39, 0.29) is 0 Å². The zero-order valence-corrected chi connectivity index (χ0v) is 16.2. The number of fused-ring (bicyclic) bond motifs is 1. The van der Waals surface area contributed by atoms with Crippen LogP contribution in [0, 0.1) is 0 Å². The van der Waals surface area contributed by atoms with E-state index in [1.54, 1.807) is 23.5 Å². The Kier molecular flexibility index (Phi) is 7.74. The average Bonchev–Trinajstić information content (AvgIpc) is 3.10. The number of carboxylic acids is 3. The Hall–Kier alpha value is -2.68. The van der Waals surface area contributed by atoms with Crippen molar-refractivity contribution in [1.82, 2.24) is 4.90 Å². The van der Waals surface area contributed by atoms with Crippen molar-refractivity contribution in [2.24, 2.45) is 0 Å². The first-order valence-corrected chi connectivity index (χ1v) is 9.45. The molecule has 9 heteroatoms. The minimum absolute atomic E-state index is 0.510. The van der Waals surface area contributed by atoms with E-state index in [0.717, 1.165) is 13.0 Å². The van der Waals surface area contributed by atoms with E-state index in [1.165, 1.54) is 10.4 Å². The zero-order chi connectivity index (χ0) is 20.7. The molecular weight excluding hydrogens is 406 g/mol. The monoisotopic (exact) mass is 423 g/mol. The Morgan fingerprint density at radius 1 is 1.07 bits per heavy atom. The summed E-state index contributed by atoms with van der Waals surface area (Å²) in [5.74, 6) is -3.36. The number of carboxylic acid groups (broad SMARTS) is 3. The van der Waals surface area contributed by atoms with Gasteiger partial charge in [-0.2, -0.15) is 0 Å². The maximum absolute atomic E-state index is 11.7. The second-order valence-corrected chi connectivity index (χ2v) is 7.27. The van der Waals surface area contributed by atoms with Crippen molar-refractivity contribution < 1.29 is 29.7 Å². The number of carbonyl (C=O) groups is 3. The van der Waals surface area contributed by atoms with Crippen molar-refractivity contribution >= 4 is 40.8 Å². The lowest BCUT2D eigenvalue weighted by Crippen LogP contribution is -2.37. The molecule has 0 fully saturated rings. The van der Waals surface area contributed by atoms with Crippen molar-refractivity contribution in [2.75, 3.05) is 6.54 Å². The number of nitrogens with zero attached hydrogens (tertiary/aromatic N) is 1. The molecule has 3 rings (SSSR count). The molecule has 2 aromatic rings. The lowest BCUT2D eigenvalue weighted by Gasteiger charge is -2.32. The summed E-state index contributed by atoms with van der Waals surface area (Å²) < 4.78 is 0. The minimum Gasteiger partial charge on any atom is -0.480 e. The van der Waals surface area contributed by atoms with E-state index in [4.69, 9.17) is 21.8 Å². The maximum Gasteiger partial charge on any atom is 0.328 e. The predicted molar refractivity (Wildman–Crippen MR) is 105 cm³/mol. The topological polar surface area (TPSA) is 115 Å². The van der Waals surface area contributed by atoms with Crippen molar-refractivity contribution in [3.63, 3.8) is 0 Å². The Bertz CT molecular complexity index is 878. The molecule has 3 N–H and O–H groups in total. The molecule has 0 amide bonds. The summed E-state index contributed by atoms with van der Waals surface area (Å²) in [6, 6.07) is 8.58. The summed E-state index contributed by atoms with van der Waals surface area (Å²) in [5, 5.41) is 27.8. The molecule has 0 saturated carbocycles. The fourth-order valence-electron chi connectivity index (χ4n) is 2.82. The van der Waals surface area contributed by atoms with Gasteiger partial charge in [0.25, 0.3) is 0 Å². The molecule has 1 atom stereocenters. The van der Waals surface area contributed by atoms with Gasteiger partial charge in [-0.3, -0.25) is 9.69 Å². The number of rotatable bonds is 5. The summed E-state index contributed by atoms with van der Waals surface area (Å²) in [5.41, 5.74) is 1.90. The summed E-state index contributed by atoms with van der Waals surface area (Å²) in [6.45, 7) is 1.41. The highest BCUT2D eigenvalue weighted by Crippen LogP contribution is 2.33. The second kappa shape index (κ2) is 10.0. The van der Waals surface area contributed by atoms with Crippen molar-refractivity contribution in [2.45, 2.75) is 19.0 Å². The molecule has 0 spiro atoms. The van der Waals surface area contributed by atoms with Gasteiger partial charge in [-0.25, -0.2) is 9.59 Å². The van der Waals surface area contributed by atoms with Crippen LogP contribution in [0.25, 0.3) is 0 Å². The number of hydrogen-bond acceptors (Lipinski definition) is 5. The first-order chi connectivity index (χ1) is 13.3. The van der Waals surface area contributed by atoms with E-state index in [1.807, 2.05) is 17.0 Å². The molecule has 0 unspecified atom stereocenters. The van der Waals surface area contributed by atoms with Gasteiger partial charge in [-0.05, 0) is 35.1 Å². The number of thiophene rings is 1. The lowest BCUT2D eigenvalue weighted by atomic mass is 10.0. The molecule has 0 saturated heterocycles. The van der Waals surface area contributed by atoms with Crippen LogP contribution in [0.3, 0.4) is 0 Å². The van der Waals surface area contributed by atoms with Gasteiger partial charge < -0.3 is 15.3 Å². The quantitative estimate of drug-likeness (QED) is 0.632. The van der Waals surface area contributed by atoms with E-state index in [9.17, 15) is 19.5 Å². The summed E-state index contributed by atoms with van der Waals surface area (Å²) in [7, 11) is 0. The normalized spacial score (nSPS) is 14.6. The smallest absolute Gasteiger partial charge is 0.328 e. The van der Waals surface area contributed by atoms with Crippen LogP contribution >= 0.6 is 22.9 Å². The van der Waals surface area contributed by atoms with Crippen molar-refractivity contribution in [3.8, 4) is 0 Å². The van der Waals surface area contributed by atoms with Gasteiger partial charge in [0, 0.05) is 35.1 Å². The number of hydrogen-bond donors (Lipinski definition) is 3. The molecule has 148 valence electrons. The van der Waals surface area contributed by atoms with E-state index >= 15 is 0 Å². The van der Waals surface area contributed by atoms with Gasteiger partial charge in [-0.15, -0.1) is 11.3 Å². The fraction of sp³-hybridized carbons (Fsp3) is 0.211. The van der Waals surface area contributed by atoms with Crippen LogP contribution in [0.15, 0.2) is 47.9 Å². The summed E-state index contributed by atoms with van der Waals surface area (Å²) >= 11 is 7.92. The van der Waals surface area contributed by atoms with Crippen LogP contribution in [0.4, 0.5) is 0 Å². The van der Waals surface area contributed by atoms with Gasteiger partial charge in [-0.1, -0.05) is 29.8 Å². The van der Waals surface area contributed by atoms with Crippen LogP contribution in [0.2, 0.25) is 5.02 Å². The van der Waals surface area contributed by atoms with Crippen LogP contribution in [-0.2, 0) is 27.3 Å². The van der Waals surface area contributed by atoms with Gasteiger partial charge in [0.1, 0.15) is 6.04 Å². The molecule has 2 heterocycles. The fourth-order valence-corrected chi connectivity index (χ4v) is 3.94. The molecule has 1 aliphatic rings. The molecule has 1 aromatic heterocycles. The molecular formula is C19H18ClNO6S. The Morgan fingerprint density at radius 2 is 1.71 bits per heavy atom. The van der Waals surface area contributed by atoms with Crippen LogP contribution in [0.5, 0.6) is 0 Å².